The van der Waals surface area contributed by atoms with Gasteiger partial charge >= 0.3 is 0 Å². The maximum absolute atomic E-state index is 13.1. The Morgan fingerprint density at radius 1 is 1.27 bits per heavy atom. The van der Waals surface area contributed by atoms with Crippen LogP contribution in [-0.2, 0) is 0 Å². The standard InChI is InChI=1S/C11H16F2N2/c1-7(6-14)8-4-9(12)10(13)5-11(8)15(2)3/h4-5,7H,6,14H2,1-3H3. The summed E-state index contributed by atoms with van der Waals surface area (Å²) in [5, 5.41) is 0. The van der Waals surface area contributed by atoms with Gasteiger partial charge in [0.25, 0.3) is 0 Å². The van der Waals surface area contributed by atoms with E-state index in [1.807, 2.05) is 6.92 Å². The molecule has 1 rings (SSSR count). The number of halogens is 2. The van der Waals surface area contributed by atoms with E-state index in [9.17, 15) is 8.78 Å². The number of nitrogens with two attached hydrogens (primary N) is 1. The molecular weight excluding hydrogens is 198 g/mol. The molecule has 0 aliphatic rings. The van der Waals surface area contributed by atoms with Crippen molar-refractivity contribution in [1.82, 2.24) is 0 Å². The second kappa shape index (κ2) is 4.57. The lowest BCUT2D eigenvalue weighted by molar-refractivity contribution is 0.506. The van der Waals surface area contributed by atoms with Gasteiger partial charge in [0.2, 0.25) is 0 Å². The molecule has 0 bridgehead atoms. The van der Waals surface area contributed by atoms with Crippen LogP contribution in [0.4, 0.5) is 14.5 Å². The number of hydrogen-bond donors (Lipinski definition) is 1. The molecule has 0 radical (unpaired) electrons. The topological polar surface area (TPSA) is 29.3 Å². The monoisotopic (exact) mass is 214 g/mol. The summed E-state index contributed by atoms with van der Waals surface area (Å²) in [6.07, 6.45) is 0. The smallest absolute Gasteiger partial charge is 0.160 e. The van der Waals surface area contributed by atoms with Crippen LogP contribution in [0.1, 0.15) is 18.4 Å². The molecule has 2 nitrogen and oxygen atoms in total. The highest BCUT2D eigenvalue weighted by molar-refractivity contribution is 5.54. The summed E-state index contributed by atoms with van der Waals surface area (Å²) in [7, 11) is 3.58. The summed E-state index contributed by atoms with van der Waals surface area (Å²) in [5.74, 6) is -1.64. The van der Waals surface area contributed by atoms with E-state index in [0.717, 1.165) is 5.56 Å². The molecule has 0 aliphatic carbocycles. The zero-order valence-electron chi connectivity index (χ0n) is 9.22. The quantitative estimate of drug-likeness (QED) is 0.834. The predicted octanol–water partition coefficient (Wildman–Crippen LogP) is 2.09. The molecule has 15 heavy (non-hydrogen) atoms. The van der Waals surface area contributed by atoms with Crippen molar-refractivity contribution in [3.05, 3.63) is 29.3 Å². The third-order valence-corrected chi connectivity index (χ3v) is 2.44. The van der Waals surface area contributed by atoms with Crippen molar-refractivity contribution < 1.29 is 8.78 Å². The molecule has 0 fully saturated rings. The van der Waals surface area contributed by atoms with Gasteiger partial charge in [0, 0.05) is 25.8 Å². The van der Waals surface area contributed by atoms with Gasteiger partial charge in [0.1, 0.15) is 0 Å². The molecule has 1 unspecified atom stereocenters. The first-order chi connectivity index (χ1) is 6.97. The van der Waals surface area contributed by atoms with Gasteiger partial charge in [-0.1, -0.05) is 6.92 Å². The van der Waals surface area contributed by atoms with E-state index < -0.39 is 11.6 Å². The minimum absolute atomic E-state index is 0.0116. The molecule has 1 atom stereocenters. The van der Waals surface area contributed by atoms with Crippen molar-refractivity contribution in [1.29, 1.82) is 0 Å². The predicted molar refractivity (Wildman–Crippen MR) is 58.2 cm³/mol. The Morgan fingerprint density at radius 3 is 2.27 bits per heavy atom. The maximum atomic E-state index is 13.1. The van der Waals surface area contributed by atoms with Gasteiger partial charge in [-0.15, -0.1) is 0 Å². The largest absolute Gasteiger partial charge is 0.377 e. The number of rotatable bonds is 3. The van der Waals surface area contributed by atoms with Gasteiger partial charge in [0.05, 0.1) is 0 Å². The highest BCUT2D eigenvalue weighted by atomic mass is 19.2. The fraction of sp³-hybridized carbons (Fsp3) is 0.455. The van der Waals surface area contributed by atoms with Crippen LogP contribution in [0, 0.1) is 11.6 Å². The molecule has 0 aromatic heterocycles. The summed E-state index contributed by atoms with van der Waals surface area (Å²) in [4.78, 5) is 1.75. The molecule has 0 amide bonds. The first kappa shape index (κ1) is 11.9. The Kier molecular flexibility index (Phi) is 3.63. The van der Waals surface area contributed by atoms with E-state index in [4.69, 9.17) is 5.73 Å². The second-order valence-corrected chi connectivity index (χ2v) is 3.86. The van der Waals surface area contributed by atoms with E-state index >= 15 is 0 Å². The summed E-state index contributed by atoms with van der Waals surface area (Å²) in [5.41, 5.74) is 6.94. The number of anilines is 1. The van der Waals surface area contributed by atoms with E-state index in [1.165, 1.54) is 12.1 Å². The van der Waals surface area contributed by atoms with Crippen LogP contribution in [0.3, 0.4) is 0 Å². The first-order valence-electron chi connectivity index (χ1n) is 4.83. The maximum Gasteiger partial charge on any atom is 0.160 e. The zero-order valence-corrected chi connectivity index (χ0v) is 9.22. The van der Waals surface area contributed by atoms with E-state index in [0.29, 0.717) is 12.2 Å². The normalized spacial score (nSPS) is 12.7. The van der Waals surface area contributed by atoms with Gasteiger partial charge in [-0.25, -0.2) is 8.78 Å². The second-order valence-electron chi connectivity index (χ2n) is 3.86. The van der Waals surface area contributed by atoms with E-state index in [-0.39, 0.29) is 5.92 Å². The molecule has 0 saturated heterocycles. The van der Waals surface area contributed by atoms with Crippen molar-refractivity contribution in [2.75, 3.05) is 25.5 Å². The first-order valence-corrected chi connectivity index (χ1v) is 4.83. The van der Waals surface area contributed by atoms with Gasteiger partial charge in [-0.3, -0.25) is 0 Å². The minimum Gasteiger partial charge on any atom is -0.377 e. The van der Waals surface area contributed by atoms with E-state index in [2.05, 4.69) is 0 Å². The van der Waals surface area contributed by atoms with E-state index in [1.54, 1.807) is 19.0 Å². The highest BCUT2D eigenvalue weighted by Gasteiger charge is 2.15. The molecule has 0 spiro atoms. The third kappa shape index (κ3) is 2.45. The summed E-state index contributed by atoms with van der Waals surface area (Å²) >= 11 is 0. The van der Waals surface area contributed by atoms with Crippen LogP contribution in [-0.4, -0.2) is 20.6 Å². The fourth-order valence-electron chi connectivity index (χ4n) is 1.46. The number of nitrogens with zero attached hydrogens (tertiary/aromatic N) is 1. The minimum atomic E-state index is -0.827. The molecule has 0 heterocycles. The summed E-state index contributed by atoms with van der Waals surface area (Å²) < 4.78 is 26.1. The molecular formula is C11H16F2N2. The molecule has 84 valence electrons. The molecule has 0 aliphatic heterocycles. The van der Waals surface area contributed by atoms with Crippen LogP contribution < -0.4 is 10.6 Å². The Bertz CT molecular complexity index is 351. The average molecular weight is 214 g/mol. The lowest BCUT2D eigenvalue weighted by atomic mass is 9.98. The SMILES string of the molecule is CC(CN)c1cc(F)c(F)cc1N(C)C. The lowest BCUT2D eigenvalue weighted by Gasteiger charge is -2.21. The molecule has 4 heteroatoms. The van der Waals surface area contributed by atoms with Crippen LogP contribution >= 0.6 is 0 Å². The van der Waals surface area contributed by atoms with Crippen molar-refractivity contribution in [2.45, 2.75) is 12.8 Å². The van der Waals surface area contributed by atoms with Crippen molar-refractivity contribution in [2.24, 2.45) is 5.73 Å². The molecule has 2 N–H and O–H groups in total. The Balaban J connectivity index is 3.28. The molecule has 1 aromatic carbocycles. The Hall–Kier alpha value is -1.16. The average Bonchev–Trinajstić information content (AvgIpc) is 2.20. The van der Waals surface area contributed by atoms with Gasteiger partial charge in [-0.05, 0) is 24.1 Å². The summed E-state index contributed by atoms with van der Waals surface area (Å²) in [6, 6.07) is 2.43. The number of hydrogen-bond acceptors (Lipinski definition) is 2. The number of benzene rings is 1. The molecule has 1 aromatic rings. The van der Waals surface area contributed by atoms with Gasteiger partial charge in [0.15, 0.2) is 11.6 Å². The van der Waals surface area contributed by atoms with Crippen LogP contribution in [0.2, 0.25) is 0 Å². The van der Waals surface area contributed by atoms with Crippen molar-refractivity contribution in [3.63, 3.8) is 0 Å². The van der Waals surface area contributed by atoms with Crippen molar-refractivity contribution >= 4 is 5.69 Å². The Labute approximate surface area is 88.7 Å². The van der Waals surface area contributed by atoms with Crippen LogP contribution in [0.15, 0.2) is 12.1 Å². The van der Waals surface area contributed by atoms with Crippen LogP contribution in [0.5, 0.6) is 0 Å². The summed E-state index contributed by atoms with van der Waals surface area (Å²) in [6.45, 7) is 2.30. The lowest BCUT2D eigenvalue weighted by Crippen LogP contribution is -2.17. The van der Waals surface area contributed by atoms with Crippen molar-refractivity contribution in [3.8, 4) is 0 Å². The Morgan fingerprint density at radius 2 is 1.80 bits per heavy atom. The highest BCUT2D eigenvalue weighted by Crippen LogP contribution is 2.28. The fourth-order valence-corrected chi connectivity index (χ4v) is 1.46. The molecule has 0 saturated carbocycles. The zero-order chi connectivity index (χ0) is 11.6. The third-order valence-electron chi connectivity index (χ3n) is 2.44. The van der Waals surface area contributed by atoms with Gasteiger partial charge in [-0.2, -0.15) is 0 Å². The van der Waals surface area contributed by atoms with Gasteiger partial charge < -0.3 is 10.6 Å². The van der Waals surface area contributed by atoms with Crippen LogP contribution in [0.25, 0.3) is 0 Å².